The smallest absolute Gasteiger partial charge is 0.341 e. The van der Waals surface area contributed by atoms with Crippen LogP contribution in [0.25, 0.3) is 10.9 Å². The highest BCUT2D eigenvalue weighted by Crippen LogP contribution is 2.39. The van der Waals surface area contributed by atoms with E-state index in [0.29, 0.717) is 51.4 Å². The Morgan fingerprint density at radius 3 is 2.35 bits per heavy atom. The Bertz CT molecular complexity index is 1980. The van der Waals surface area contributed by atoms with Crippen LogP contribution in [0.4, 0.5) is 26.0 Å². The van der Waals surface area contributed by atoms with E-state index in [1.54, 1.807) is 4.90 Å². The average molecular weight is 635 g/mol. The number of nitrogens with one attached hydrogen (secondary N) is 2. The van der Waals surface area contributed by atoms with Gasteiger partial charge in [0.15, 0.2) is 5.82 Å². The van der Waals surface area contributed by atoms with Gasteiger partial charge in [0.25, 0.3) is 5.56 Å². The SMILES string of the molecule is Cc1ccc(Nc2cc(=O)n(CCCCN3CCN(c4c(F)cc5c(=O)c(C(=O)O)cn(C6CC6)c5c4F)CC3)c(=O)[nH]2)cc1C. The first-order valence-corrected chi connectivity index (χ1v) is 15.5. The molecule has 1 saturated carbocycles. The number of hydrogen-bond donors (Lipinski definition) is 3. The van der Waals surface area contributed by atoms with Crippen molar-refractivity contribution in [2.24, 2.45) is 0 Å². The zero-order chi connectivity index (χ0) is 32.7. The molecule has 46 heavy (non-hydrogen) atoms. The molecule has 1 aliphatic carbocycles. The van der Waals surface area contributed by atoms with Crippen LogP contribution in [-0.4, -0.2) is 62.8 Å². The van der Waals surface area contributed by atoms with Crippen LogP contribution in [0.15, 0.2) is 50.9 Å². The zero-order valence-electron chi connectivity index (χ0n) is 25.7. The van der Waals surface area contributed by atoms with Gasteiger partial charge in [-0.3, -0.25) is 24.0 Å². The number of rotatable bonds is 10. The lowest BCUT2D eigenvalue weighted by Gasteiger charge is -2.36. The fourth-order valence-electron chi connectivity index (χ4n) is 6.09. The fourth-order valence-corrected chi connectivity index (χ4v) is 6.09. The largest absolute Gasteiger partial charge is 0.477 e. The van der Waals surface area contributed by atoms with Gasteiger partial charge in [0.05, 0.1) is 10.9 Å². The molecule has 1 aliphatic heterocycles. The number of pyridine rings is 1. The van der Waals surface area contributed by atoms with Gasteiger partial charge in [-0.1, -0.05) is 6.07 Å². The van der Waals surface area contributed by atoms with Crippen LogP contribution >= 0.6 is 0 Å². The molecule has 6 rings (SSSR count). The Morgan fingerprint density at radius 2 is 1.70 bits per heavy atom. The van der Waals surface area contributed by atoms with Crippen LogP contribution in [0.1, 0.15) is 53.2 Å². The van der Waals surface area contributed by atoms with Crippen LogP contribution in [-0.2, 0) is 6.54 Å². The maximum atomic E-state index is 16.0. The lowest BCUT2D eigenvalue weighted by Crippen LogP contribution is -2.47. The summed E-state index contributed by atoms with van der Waals surface area (Å²) in [5.41, 5.74) is 0.452. The summed E-state index contributed by atoms with van der Waals surface area (Å²) in [4.78, 5) is 56.2. The number of H-pyrrole nitrogens is 1. The summed E-state index contributed by atoms with van der Waals surface area (Å²) in [6.07, 6.45) is 3.93. The fraction of sp³-hybridized carbons (Fsp3) is 0.394. The van der Waals surface area contributed by atoms with Crippen molar-refractivity contribution < 1.29 is 18.7 Å². The average Bonchev–Trinajstić information content (AvgIpc) is 3.85. The molecular weight excluding hydrogens is 598 g/mol. The topological polar surface area (TPSA) is 133 Å². The van der Waals surface area contributed by atoms with Crippen molar-refractivity contribution in [2.45, 2.75) is 52.1 Å². The van der Waals surface area contributed by atoms with E-state index >= 15 is 8.78 Å². The Hall–Kier alpha value is -4.78. The number of piperazine rings is 1. The van der Waals surface area contributed by atoms with Crippen LogP contribution < -0.4 is 26.9 Å². The maximum Gasteiger partial charge on any atom is 0.341 e. The number of halogens is 2. The minimum atomic E-state index is -1.43. The summed E-state index contributed by atoms with van der Waals surface area (Å²) in [6.45, 7) is 6.75. The lowest BCUT2D eigenvalue weighted by molar-refractivity contribution is 0.0694. The molecule has 0 radical (unpaired) electrons. The van der Waals surface area contributed by atoms with Gasteiger partial charge in [-0.05, 0) is 75.4 Å². The standard InChI is InChI=1S/C33H36F2N6O5/c1-19-5-6-21(15-20(19)2)36-26-17-27(42)40(33(46)37-26)10-4-3-9-38-11-13-39(14-12-38)30-25(34)16-23-29(28(30)35)41(22-7-8-22)18-24(31(23)43)32(44)45/h5-6,15-18,22,36H,3-4,7-14H2,1-2H3,(H,37,46)(H,44,45). The van der Waals surface area contributed by atoms with Gasteiger partial charge in [-0.15, -0.1) is 0 Å². The summed E-state index contributed by atoms with van der Waals surface area (Å²) >= 11 is 0. The van der Waals surface area contributed by atoms with E-state index in [1.807, 2.05) is 32.0 Å². The van der Waals surface area contributed by atoms with Crippen molar-refractivity contribution in [3.63, 3.8) is 0 Å². The van der Waals surface area contributed by atoms with E-state index in [4.69, 9.17) is 0 Å². The van der Waals surface area contributed by atoms with Gasteiger partial charge < -0.3 is 19.9 Å². The van der Waals surface area contributed by atoms with Gasteiger partial charge in [-0.2, -0.15) is 0 Å². The molecule has 0 amide bonds. The molecule has 0 unspecified atom stereocenters. The van der Waals surface area contributed by atoms with Crippen molar-refractivity contribution >= 4 is 34.1 Å². The third-order valence-corrected chi connectivity index (χ3v) is 8.96. The predicted molar refractivity (Wildman–Crippen MR) is 172 cm³/mol. The van der Waals surface area contributed by atoms with Crippen molar-refractivity contribution in [3.8, 4) is 0 Å². The number of carboxylic acid groups (broad SMARTS) is 1. The molecule has 242 valence electrons. The van der Waals surface area contributed by atoms with Gasteiger partial charge in [0.2, 0.25) is 5.43 Å². The highest BCUT2D eigenvalue weighted by molar-refractivity contribution is 5.94. The van der Waals surface area contributed by atoms with Crippen molar-refractivity contribution in [1.29, 1.82) is 0 Å². The number of aryl methyl sites for hydroxylation is 2. The third-order valence-electron chi connectivity index (χ3n) is 8.96. The van der Waals surface area contributed by atoms with Crippen LogP contribution in [0.5, 0.6) is 0 Å². The van der Waals surface area contributed by atoms with Crippen LogP contribution in [0.3, 0.4) is 0 Å². The highest BCUT2D eigenvalue weighted by atomic mass is 19.1. The third kappa shape index (κ3) is 6.19. The van der Waals surface area contributed by atoms with Gasteiger partial charge in [0, 0.05) is 56.7 Å². The maximum absolute atomic E-state index is 16.0. The van der Waals surface area contributed by atoms with E-state index in [0.717, 1.165) is 35.7 Å². The molecule has 0 spiro atoms. The highest BCUT2D eigenvalue weighted by Gasteiger charge is 2.31. The molecule has 11 nitrogen and oxygen atoms in total. The molecule has 2 aromatic carbocycles. The molecular formula is C33H36F2N6O5. The Morgan fingerprint density at radius 1 is 0.978 bits per heavy atom. The number of hydrogen-bond acceptors (Lipinski definition) is 7. The van der Waals surface area contributed by atoms with E-state index in [1.165, 1.54) is 21.4 Å². The zero-order valence-corrected chi connectivity index (χ0v) is 25.7. The second kappa shape index (κ2) is 12.5. The number of anilines is 3. The molecule has 13 heteroatoms. The first-order chi connectivity index (χ1) is 22.0. The number of carbonyl (C=O) groups is 1. The molecule has 3 N–H and O–H groups in total. The normalized spacial score (nSPS) is 15.4. The molecule has 4 aromatic rings. The molecule has 0 atom stereocenters. The van der Waals surface area contributed by atoms with Crippen LogP contribution in [0, 0.1) is 25.5 Å². The molecule has 0 bridgehead atoms. The Kier molecular flexibility index (Phi) is 8.51. The molecule has 3 heterocycles. The monoisotopic (exact) mass is 634 g/mol. The second-order valence-electron chi connectivity index (χ2n) is 12.2. The molecule has 1 saturated heterocycles. The predicted octanol–water partition coefficient (Wildman–Crippen LogP) is 4.13. The Labute approximate surface area is 262 Å². The van der Waals surface area contributed by atoms with Crippen molar-refractivity contribution in [1.82, 2.24) is 19.0 Å². The number of aromatic nitrogens is 3. The van der Waals surface area contributed by atoms with Crippen molar-refractivity contribution in [2.75, 3.05) is 42.9 Å². The number of aromatic carboxylic acids is 1. The summed E-state index contributed by atoms with van der Waals surface area (Å²) in [5.74, 6) is -2.85. The summed E-state index contributed by atoms with van der Waals surface area (Å²) in [7, 11) is 0. The number of fused-ring (bicyclic) bond motifs is 1. The molecule has 2 aromatic heterocycles. The summed E-state index contributed by atoms with van der Waals surface area (Å²) in [5, 5.41) is 12.3. The van der Waals surface area contributed by atoms with Crippen molar-refractivity contribution in [3.05, 3.63) is 95.9 Å². The number of benzene rings is 2. The van der Waals surface area contributed by atoms with Gasteiger partial charge in [-0.25, -0.2) is 18.4 Å². The first kappa shape index (κ1) is 31.2. The van der Waals surface area contributed by atoms with E-state index in [2.05, 4.69) is 15.2 Å². The van der Waals surface area contributed by atoms with E-state index in [-0.39, 0.29) is 29.2 Å². The Balaban J connectivity index is 1.06. The lowest BCUT2D eigenvalue weighted by atomic mass is 10.1. The minimum Gasteiger partial charge on any atom is -0.477 e. The minimum absolute atomic E-state index is 0.0596. The van der Waals surface area contributed by atoms with E-state index < -0.39 is 39.8 Å². The molecule has 2 fully saturated rings. The quantitative estimate of drug-likeness (QED) is 0.222. The number of carboxylic acids is 1. The van der Waals surface area contributed by atoms with Gasteiger partial charge >= 0.3 is 11.7 Å². The summed E-state index contributed by atoms with van der Waals surface area (Å²) in [6, 6.07) is 7.99. The number of nitrogens with zero attached hydrogens (tertiary/aromatic N) is 4. The van der Waals surface area contributed by atoms with Gasteiger partial charge in [0.1, 0.15) is 22.9 Å². The summed E-state index contributed by atoms with van der Waals surface area (Å²) < 4.78 is 33.9. The number of aromatic amines is 1. The second-order valence-corrected chi connectivity index (χ2v) is 12.2. The first-order valence-electron chi connectivity index (χ1n) is 15.5. The van der Waals surface area contributed by atoms with Crippen LogP contribution in [0.2, 0.25) is 0 Å². The molecule has 2 aliphatic rings. The number of unbranched alkanes of at least 4 members (excludes halogenated alkanes) is 1. The van der Waals surface area contributed by atoms with E-state index in [9.17, 15) is 24.3 Å².